The van der Waals surface area contributed by atoms with Crippen molar-refractivity contribution in [3.05, 3.63) is 11.9 Å². The summed E-state index contributed by atoms with van der Waals surface area (Å²) >= 11 is 0. The van der Waals surface area contributed by atoms with E-state index in [4.69, 9.17) is 0 Å². The Kier molecular flexibility index (Phi) is 13.0. The second-order valence-electron chi connectivity index (χ2n) is 4.84. The quantitative estimate of drug-likeness (QED) is 0.558. The molecule has 3 nitrogen and oxygen atoms in total. The minimum absolute atomic E-state index is 1.03. The summed E-state index contributed by atoms with van der Waals surface area (Å²) in [5, 5.41) is 8.36. The minimum atomic E-state index is 1.03. The number of aryl methyl sites for hydroxylation is 2. The van der Waals surface area contributed by atoms with Gasteiger partial charge in [0.25, 0.3) is 0 Å². The summed E-state index contributed by atoms with van der Waals surface area (Å²) in [5.41, 5.74) is 1.15. The molecular formula is C16H33N3. The van der Waals surface area contributed by atoms with E-state index in [1.54, 1.807) is 0 Å². The summed E-state index contributed by atoms with van der Waals surface area (Å²) in [5.74, 6) is 0. The van der Waals surface area contributed by atoms with Gasteiger partial charge in [-0.25, -0.2) is 0 Å². The molecule has 1 aromatic heterocycles. The molecule has 112 valence electrons. The van der Waals surface area contributed by atoms with E-state index >= 15 is 0 Å². The van der Waals surface area contributed by atoms with E-state index < -0.39 is 0 Å². The van der Waals surface area contributed by atoms with Gasteiger partial charge in [-0.2, -0.15) is 0 Å². The average Bonchev–Trinajstić information content (AvgIpc) is 2.90. The maximum atomic E-state index is 4.19. The molecule has 19 heavy (non-hydrogen) atoms. The maximum Gasteiger partial charge on any atom is 0.0827 e. The average molecular weight is 267 g/mol. The van der Waals surface area contributed by atoms with Crippen molar-refractivity contribution in [1.82, 2.24) is 15.0 Å². The maximum absolute atomic E-state index is 4.19. The van der Waals surface area contributed by atoms with E-state index in [-0.39, 0.29) is 0 Å². The molecule has 0 saturated carbocycles. The summed E-state index contributed by atoms with van der Waals surface area (Å²) in [6.45, 7) is 9.50. The molecule has 0 spiro atoms. The molecule has 0 unspecified atom stereocenters. The fourth-order valence-corrected chi connectivity index (χ4v) is 1.97. The topological polar surface area (TPSA) is 30.7 Å². The molecule has 1 heterocycles. The van der Waals surface area contributed by atoms with Gasteiger partial charge in [0.1, 0.15) is 0 Å². The molecule has 0 bridgehead atoms. The predicted octanol–water partition coefficient (Wildman–Crippen LogP) is 5.01. The van der Waals surface area contributed by atoms with Gasteiger partial charge in [0.2, 0.25) is 0 Å². The summed E-state index contributed by atoms with van der Waals surface area (Å²) in [4.78, 5) is 0. The standard InChI is InChI=1S/C14H27N3.C2H6/c1-3-5-7-8-9-10-12-17-13-14(15-16-17)11-6-4-2;1-2/h13H,3-12H2,1-2H3;1-2H3. The lowest BCUT2D eigenvalue weighted by molar-refractivity contribution is 0.516. The van der Waals surface area contributed by atoms with Gasteiger partial charge in [0.05, 0.1) is 5.69 Å². The lowest BCUT2D eigenvalue weighted by Gasteiger charge is -2.00. The van der Waals surface area contributed by atoms with E-state index in [1.165, 1.54) is 51.4 Å². The van der Waals surface area contributed by atoms with Crippen molar-refractivity contribution in [2.75, 3.05) is 0 Å². The Labute approximate surface area is 119 Å². The molecule has 0 saturated heterocycles. The zero-order valence-corrected chi connectivity index (χ0v) is 13.5. The normalized spacial score (nSPS) is 10.1. The van der Waals surface area contributed by atoms with E-state index in [0.717, 1.165) is 18.7 Å². The molecule has 0 amide bonds. The second kappa shape index (κ2) is 13.6. The molecule has 0 N–H and O–H groups in total. The van der Waals surface area contributed by atoms with Gasteiger partial charge in [-0.15, -0.1) is 5.10 Å². The van der Waals surface area contributed by atoms with Crippen LogP contribution < -0.4 is 0 Å². The van der Waals surface area contributed by atoms with Gasteiger partial charge in [-0.05, 0) is 19.3 Å². The second-order valence-corrected chi connectivity index (χ2v) is 4.84. The van der Waals surface area contributed by atoms with Crippen molar-refractivity contribution >= 4 is 0 Å². The molecule has 0 atom stereocenters. The van der Waals surface area contributed by atoms with E-state index in [2.05, 4.69) is 30.4 Å². The molecule has 0 fully saturated rings. The van der Waals surface area contributed by atoms with Crippen LogP contribution in [-0.2, 0) is 13.0 Å². The van der Waals surface area contributed by atoms with Gasteiger partial charge in [-0.1, -0.05) is 71.4 Å². The zero-order valence-electron chi connectivity index (χ0n) is 13.5. The van der Waals surface area contributed by atoms with Crippen LogP contribution >= 0.6 is 0 Å². The Morgan fingerprint density at radius 3 is 2.21 bits per heavy atom. The van der Waals surface area contributed by atoms with Crippen LogP contribution in [-0.4, -0.2) is 15.0 Å². The number of nitrogens with zero attached hydrogens (tertiary/aromatic N) is 3. The Hall–Kier alpha value is -0.860. The van der Waals surface area contributed by atoms with Crippen molar-refractivity contribution in [2.24, 2.45) is 0 Å². The first kappa shape index (κ1) is 18.1. The predicted molar refractivity (Wildman–Crippen MR) is 83.4 cm³/mol. The van der Waals surface area contributed by atoms with Crippen LogP contribution in [0, 0.1) is 0 Å². The molecule has 1 aromatic rings. The fraction of sp³-hybridized carbons (Fsp3) is 0.875. The highest BCUT2D eigenvalue weighted by atomic mass is 15.4. The van der Waals surface area contributed by atoms with Crippen LogP contribution in [0.4, 0.5) is 0 Å². The van der Waals surface area contributed by atoms with Gasteiger partial charge in [0, 0.05) is 12.7 Å². The van der Waals surface area contributed by atoms with Crippen molar-refractivity contribution in [3.63, 3.8) is 0 Å². The van der Waals surface area contributed by atoms with Gasteiger partial charge in [0.15, 0.2) is 0 Å². The highest BCUT2D eigenvalue weighted by molar-refractivity contribution is 4.91. The number of hydrogen-bond acceptors (Lipinski definition) is 2. The first-order valence-electron chi connectivity index (χ1n) is 8.25. The Morgan fingerprint density at radius 2 is 1.53 bits per heavy atom. The molecule has 0 aliphatic rings. The Morgan fingerprint density at radius 1 is 0.895 bits per heavy atom. The van der Waals surface area contributed by atoms with Crippen molar-refractivity contribution in [2.45, 2.75) is 92.0 Å². The zero-order chi connectivity index (χ0) is 14.3. The molecule has 0 aliphatic heterocycles. The monoisotopic (exact) mass is 267 g/mol. The molecule has 1 rings (SSSR count). The molecule has 3 heteroatoms. The van der Waals surface area contributed by atoms with Crippen LogP contribution in [0.25, 0.3) is 0 Å². The highest BCUT2D eigenvalue weighted by Crippen LogP contribution is 2.06. The van der Waals surface area contributed by atoms with Crippen LogP contribution in [0.1, 0.15) is 84.8 Å². The summed E-state index contributed by atoms with van der Waals surface area (Å²) in [7, 11) is 0. The third-order valence-electron chi connectivity index (χ3n) is 3.11. The van der Waals surface area contributed by atoms with E-state index in [0.29, 0.717) is 0 Å². The molecular weight excluding hydrogens is 234 g/mol. The first-order chi connectivity index (χ1) is 9.36. The molecule has 0 aliphatic carbocycles. The van der Waals surface area contributed by atoms with Crippen LogP contribution in [0.3, 0.4) is 0 Å². The Bertz CT molecular complexity index is 281. The third-order valence-corrected chi connectivity index (χ3v) is 3.11. The number of hydrogen-bond donors (Lipinski definition) is 0. The third kappa shape index (κ3) is 9.69. The largest absolute Gasteiger partial charge is 0.252 e. The minimum Gasteiger partial charge on any atom is -0.252 e. The highest BCUT2D eigenvalue weighted by Gasteiger charge is 1.99. The molecule has 0 aromatic carbocycles. The summed E-state index contributed by atoms with van der Waals surface area (Å²) in [6, 6.07) is 0. The van der Waals surface area contributed by atoms with Gasteiger partial charge < -0.3 is 0 Å². The van der Waals surface area contributed by atoms with Crippen LogP contribution in [0.2, 0.25) is 0 Å². The fourth-order valence-electron chi connectivity index (χ4n) is 1.97. The summed E-state index contributed by atoms with van der Waals surface area (Å²) < 4.78 is 2.00. The number of unbranched alkanes of at least 4 members (excludes halogenated alkanes) is 6. The SMILES string of the molecule is CC.CCCCCCCCn1cc(CCCC)nn1. The van der Waals surface area contributed by atoms with Gasteiger partial charge in [-0.3, -0.25) is 4.68 Å². The number of aromatic nitrogens is 3. The lowest BCUT2D eigenvalue weighted by atomic mass is 10.1. The lowest BCUT2D eigenvalue weighted by Crippen LogP contribution is -1.98. The van der Waals surface area contributed by atoms with E-state index in [1.807, 2.05) is 18.5 Å². The van der Waals surface area contributed by atoms with Gasteiger partial charge >= 0.3 is 0 Å². The van der Waals surface area contributed by atoms with Crippen molar-refractivity contribution in [1.29, 1.82) is 0 Å². The smallest absolute Gasteiger partial charge is 0.0827 e. The first-order valence-corrected chi connectivity index (χ1v) is 8.25. The van der Waals surface area contributed by atoms with Crippen molar-refractivity contribution < 1.29 is 0 Å². The van der Waals surface area contributed by atoms with E-state index in [9.17, 15) is 0 Å². The number of rotatable bonds is 10. The Balaban J connectivity index is 0.00000154. The van der Waals surface area contributed by atoms with Crippen LogP contribution in [0.5, 0.6) is 0 Å². The van der Waals surface area contributed by atoms with Crippen molar-refractivity contribution in [3.8, 4) is 0 Å². The van der Waals surface area contributed by atoms with Crippen LogP contribution in [0.15, 0.2) is 6.20 Å². The molecule has 0 radical (unpaired) electrons. The summed E-state index contributed by atoms with van der Waals surface area (Å²) in [6.07, 6.45) is 13.6.